The second kappa shape index (κ2) is 5.41. The van der Waals surface area contributed by atoms with E-state index >= 15 is 0 Å². The molecule has 0 aromatic carbocycles. The molecule has 0 spiro atoms. The largest absolute Gasteiger partial charge is 0.379 e. The molecule has 2 heterocycles. The lowest BCUT2D eigenvalue weighted by atomic mass is 10.4. The highest BCUT2D eigenvalue weighted by atomic mass is 16.5. The number of hydrogen-bond acceptors (Lipinski definition) is 5. The summed E-state index contributed by atoms with van der Waals surface area (Å²) in [7, 11) is 3.05. The van der Waals surface area contributed by atoms with Crippen molar-refractivity contribution in [1.29, 1.82) is 0 Å². The van der Waals surface area contributed by atoms with Crippen LogP contribution in [0.15, 0.2) is 9.59 Å². The Hall–Kier alpha value is -1.86. The van der Waals surface area contributed by atoms with Crippen LogP contribution < -0.4 is 27.2 Å². The molecule has 0 atom stereocenters. The Morgan fingerprint density at radius 3 is 2.47 bits per heavy atom. The van der Waals surface area contributed by atoms with Gasteiger partial charge in [0.15, 0.2) is 0 Å². The first-order valence-electron chi connectivity index (χ1n) is 6.06. The lowest BCUT2D eigenvalue weighted by Crippen LogP contribution is -2.57. The fraction of sp³-hybridized carbons (Fsp3) is 0.500. The molecule has 1 aromatic heterocycles. The molecule has 0 aliphatic carbocycles. The molecular formula is C12H18N4O3. The van der Waals surface area contributed by atoms with Crippen molar-refractivity contribution >= 4 is 12.8 Å². The predicted molar refractivity (Wildman–Crippen MR) is 71.7 cm³/mol. The monoisotopic (exact) mass is 266 g/mol. The fourth-order valence-electron chi connectivity index (χ4n) is 1.91. The molecular weight excluding hydrogens is 248 g/mol. The summed E-state index contributed by atoms with van der Waals surface area (Å²) in [6.07, 6.45) is 1.59. The first kappa shape index (κ1) is 13.6. The maximum absolute atomic E-state index is 12.0. The molecule has 1 aromatic rings. The number of nitrogens with one attached hydrogen (secondary N) is 1. The van der Waals surface area contributed by atoms with Gasteiger partial charge in [0.05, 0.1) is 23.8 Å². The van der Waals surface area contributed by atoms with Crippen LogP contribution in [0.3, 0.4) is 0 Å². The van der Waals surface area contributed by atoms with Gasteiger partial charge in [-0.3, -0.25) is 13.9 Å². The van der Waals surface area contributed by atoms with Crippen molar-refractivity contribution in [1.82, 2.24) is 19.6 Å². The van der Waals surface area contributed by atoms with E-state index in [4.69, 9.17) is 4.74 Å². The van der Waals surface area contributed by atoms with Crippen LogP contribution in [-0.2, 0) is 18.8 Å². The fourth-order valence-corrected chi connectivity index (χ4v) is 1.91. The van der Waals surface area contributed by atoms with E-state index in [0.717, 1.165) is 17.7 Å². The summed E-state index contributed by atoms with van der Waals surface area (Å²) >= 11 is 0. The standard InChI is InChI=1S/C12H18N4O3/c1-9-10(8-13-16-4-6-19-7-5-16)11(17)15(3)12(18)14(9)2/h8,13H,1,4-7H2,2-3H3/b10-8-. The Bertz CT molecular complexity index is 639. The van der Waals surface area contributed by atoms with E-state index in [-0.39, 0.29) is 11.2 Å². The van der Waals surface area contributed by atoms with E-state index in [2.05, 4.69) is 12.0 Å². The van der Waals surface area contributed by atoms with E-state index in [1.165, 1.54) is 11.6 Å². The van der Waals surface area contributed by atoms with Crippen molar-refractivity contribution in [3.8, 4) is 0 Å². The van der Waals surface area contributed by atoms with Gasteiger partial charge in [-0.1, -0.05) is 6.58 Å². The summed E-state index contributed by atoms with van der Waals surface area (Å²) in [5.74, 6) is 0. The third-order valence-corrected chi connectivity index (χ3v) is 3.23. The molecule has 1 N–H and O–H groups in total. The van der Waals surface area contributed by atoms with Gasteiger partial charge in [-0.05, 0) is 0 Å². The summed E-state index contributed by atoms with van der Waals surface area (Å²) < 4.78 is 7.66. The Morgan fingerprint density at radius 1 is 1.21 bits per heavy atom. The maximum Gasteiger partial charge on any atom is 0.330 e. The lowest BCUT2D eigenvalue weighted by molar-refractivity contribution is 0.0240. The molecule has 104 valence electrons. The molecule has 0 radical (unpaired) electrons. The van der Waals surface area contributed by atoms with Gasteiger partial charge in [0.2, 0.25) is 0 Å². The third kappa shape index (κ3) is 2.61. The Labute approximate surface area is 110 Å². The van der Waals surface area contributed by atoms with E-state index in [9.17, 15) is 9.59 Å². The molecule has 1 saturated heterocycles. The number of nitrogens with zero attached hydrogens (tertiary/aromatic N) is 3. The highest BCUT2D eigenvalue weighted by Crippen LogP contribution is 1.91. The minimum absolute atomic E-state index is 0.353. The molecule has 7 heteroatoms. The first-order valence-corrected chi connectivity index (χ1v) is 6.06. The van der Waals surface area contributed by atoms with Gasteiger partial charge >= 0.3 is 5.69 Å². The molecule has 2 rings (SSSR count). The topological polar surface area (TPSA) is 68.5 Å². The number of ether oxygens (including phenoxy) is 1. The maximum atomic E-state index is 12.0. The molecule has 0 unspecified atom stereocenters. The molecule has 0 bridgehead atoms. The van der Waals surface area contributed by atoms with Crippen molar-refractivity contribution in [3.05, 3.63) is 31.4 Å². The second-order valence-electron chi connectivity index (χ2n) is 4.44. The zero-order chi connectivity index (χ0) is 14.0. The lowest BCUT2D eigenvalue weighted by Gasteiger charge is -2.26. The van der Waals surface area contributed by atoms with Gasteiger partial charge in [-0.15, -0.1) is 0 Å². The highest BCUT2D eigenvalue weighted by Gasteiger charge is 2.08. The van der Waals surface area contributed by atoms with Crippen LogP contribution in [-0.4, -0.2) is 40.4 Å². The van der Waals surface area contributed by atoms with Crippen molar-refractivity contribution < 1.29 is 4.74 Å². The van der Waals surface area contributed by atoms with Crippen LogP contribution in [0.2, 0.25) is 0 Å². The van der Waals surface area contributed by atoms with Crippen LogP contribution in [0, 0.1) is 0 Å². The number of rotatable bonds is 2. The Kier molecular flexibility index (Phi) is 3.87. The number of aromatic nitrogens is 2. The van der Waals surface area contributed by atoms with Crippen molar-refractivity contribution in [2.75, 3.05) is 26.3 Å². The van der Waals surface area contributed by atoms with Gasteiger partial charge in [0.1, 0.15) is 0 Å². The molecule has 19 heavy (non-hydrogen) atoms. The smallest absolute Gasteiger partial charge is 0.330 e. The average Bonchev–Trinajstić information content (AvgIpc) is 2.44. The Morgan fingerprint density at radius 2 is 1.84 bits per heavy atom. The van der Waals surface area contributed by atoms with Crippen LogP contribution in [0.1, 0.15) is 0 Å². The molecule has 1 aliphatic rings. The predicted octanol–water partition coefficient (Wildman–Crippen LogP) is -2.93. The number of hydrogen-bond donors (Lipinski definition) is 1. The van der Waals surface area contributed by atoms with Gasteiger partial charge < -0.3 is 10.2 Å². The van der Waals surface area contributed by atoms with E-state index in [1.54, 1.807) is 13.2 Å². The second-order valence-corrected chi connectivity index (χ2v) is 4.44. The van der Waals surface area contributed by atoms with E-state index in [0.29, 0.717) is 23.8 Å². The molecule has 0 amide bonds. The van der Waals surface area contributed by atoms with E-state index < -0.39 is 0 Å². The van der Waals surface area contributed by atoms with E-state index in [1.807, 2.05) is 5.01 Å². The summed E-state index contributed by atoms with van der Waals surface area (Å²) in [4.78, 5) is 23.7. The normalized spacial score (nSPS) is 17.7. The third-order valence-electron chi connectivity index (χ3n) is 3.23. The Balaban J connectivity index is 2.42. The van der Waals surface area contributed by atoms with Gasteiger partial charge in [-0.25, -0.2) is 9.80 Å². The minimum Gasteiger partial charge on any atom is -0.379 e. The van der Waals surface area contributed by atoms with Crippen LogP contribution in [0.4, 0.5) is 0 Å². The molecule has 1 fully saturated rings. The zero-order valence-corrected chi connectivity index (χ0v) is 11.2. The molecule has 7 nitrogen and oxygen atoms in total. The number of hydrazine groups is 1. The zero-order valence-electron chi connectivity index (χ0n) is 11.2. The molecule has 1 aliphatic heterocycles. The van der Waals surface area contributed by atoms with Crippen LogP contribution in [0.5, 0.6) is 0 Å². The van der Waals surface area contributed by atoms with Gasteiger partial charge in [0.25, 0.3) is 5.56 Å². The SMILES string of the molecule is C=c1/c(=C/NN2CCOCC2)c(=O)n(C)c(=O)n1C. The molecule has 0 saturated carbocycles. The van der Waals surface area contributed by atoms with Gasteiger partial charge in [0, 0.05) is 33.4 Å². The van der Waals surface area contributed by atoms with Crippen LogP contribution >= 0.6 is 0 Å². The van der Waals surface area contributed by atoms with Crippen molar-refractivity contribution in [3.63, 3.8) is 0 Å². The number of morpholine rings is 1. The summed E-state index contributed by atoms with van der Waals surface area (Å²) in [5, 5.41) is 2.73. The quantitative estimate of drug-likeness (QED) is 0.621. The summed E-state index contributed by atoms with van der Waals surface area (Å²) in [5.41, 5.74) is 2.32. The first-order chi connectivity index (χ1) is 9.02. The minimum atomic E-state index is -0.376. The van der Waals surface area contributed by atoms with Gasteiger partial charge in [-0.2, -0.15) is 0 Å². The van der Waals surface area contributed by atoms with Crippen molar-refractivity contribution in [2.45, 2.75) is 0 Å². The highest BCUT2D eigenvalue weighted by molar-refractivity contribution is 5.19. The van der Waals surface area contributed by atoms with Crippen LogP contribution in [0.25, 0.3) is 12.8 Å². The summed E-state index contributed by atoms with van der Waals surface area (Å²) in [6.45, 7) is 6.58. The van der Waals surface area contributed by atoms with Crippen molar-refractivity contribution in [2.24, 2.45) is 14.1 Å². The average molecular weight is 266 g/mol. The summed E-state index contributed by atoms with van der Waals surface area (Å²) in [6, 6.07) is 0.